The second-order valence-corrected chi connectivity index (χ2v) is 7.37. The van der Waals surface area contributed by atoms with E-state index in [-0.39, 0.29) is 5.56 Å². The maximum Gasteiger partial charge on any atom is 0.262 e. The van der Waals surface area contributed by atoms with Gasteiger partial charge in [-0.1, -0.05) is 0 Å². The van der Waals surface area contributed by atoms with Gasteiger partial charge in [0, 0.05) is 18.0 Å². The van der Waals surface area contributed by atoms with E-state index in [1.54, 1.807) is 36.5 Å². The molecule has 0 radical (unpaired) electrons. The summed E-state index contributed by atoms with van der Waals surface area (Å²) in [5.41, 5.74) is 2.24. The highest BCUT2D eigenvalue weighted by atomic mass is 32.1. The fraction of sp³-hybridized carbons (Fsp3) is 0.368. The molecule has 136 valence electrons. The Morgan fingerprint density at radius 2 is 2.19 bits per heavy atom. The summed E-state index contributed by atoms with van der Waals surface area (Å²) in [5.74, 6) is 1.58. The summed E-state index contributed by atoms with van der Waals surface area (Å²) in [6, 6.07) is 5.71. The van der Waals surface area contributed by atoms with Gasteiger partial charge in [-0.3, -0.25) is 9.36 Å². The zero-order chi connectivity index (χ0) is 18.1. The van der Waals surface area contributed by atoms with Gasteiger partial charge in [0.25, 0.3) is 5.56 Å². The smallest absolute Gasteiger partial charge is 0.262 e. The standard InChI is InChI=1S/C19H21N3O3S/c1-24-13-3-4-15(25-2)12(9-13)6-8-22-11-21-18-17(19(22)23)14-5-7-20-10-16(14)26-18/h3-4,9,11,20H,5-8,10H2,1-2H3. The van der Waals surface area contributed by atoms with Gasteiger partial charge < -0.3 is 14.8 Å². The lowest BCUT2D eigenvalue weighted by Gasteiger charge is -2.13. The number of hydrogen-bond donors (Lipinski definition) is 1. The Morgan fingerprint density at radius 3 is 3.00 bits per heavy atom. The van der Waals surface area contributed by atoms with Crippen LogP contribution in [0.5, 0.6) is 11.5 Å². The van der Waals surface area contributed by atoms with Gasteiger partial charge in [-0.2, -0.15) is 0 Å². The van der Waals surface area contributed by atoms with Crippen LogP contribution in [0, 0.1) is 0 Å². The van der Waals surface area contributed by atoms with Crippen molar-refractivity contribution in [3.8, 4) is 11.5 Å². The second-order valence-electron chi connectivity index (χ2n) is 6.28. The number of methoxy groups -OCH3 is 2. The molecule has 3 aromatic rings. The van der Waals surface area contributed by atoms with Crippen LogP contribution in [0.2, 0.25) is 0 Å². The number of aryl methyl sites for hydroxylation is 2. The highest BCUT2D eigenvalue weighted by molar-refractivity contribution is 7.18. The molecule has 1 N–H and O–H groups in total. The minimum Gasteiger partial charge on any atom is -0.497 e. The summed E-state index contributed by atoms with van der Waals surface area (Å²) >= 11 is 1.62. The molecule has 0 aliphatic carbocycles. The lowest BCUT2D eigenvalue weighted by atomic mass is 10.1. The van der Waals surface area contributed by atoms with E-state index in [0.717, 1.165) is 46.8 Å². The third-order valence-electron chi connectivity index (χ3n) is 4.81. The van der Waals surface area contributed by atoms with Gasteiger partial charge in [0.2, 0.25) is 0 Å². The van der Waals surface area contributed by atoms with Crippen molar-refractivity contribution in [3.05, 3.63) is 50.9 Å². The molecule has 1 aliphatic rings. The van der Waals surface area contributed by atoms with Gasteiger partial charge in [-0.25, -0.2) is 4.98 Å². The van der Waals surface area contributed by atoms with E-state index in [1.165, 1.54) is 10.4 Å². The first kappa shape index (κ1) is 17.1. The molecule has 0 fully saturated rings. The molecular formula is C19H21N3O3S. The number of fused-ring (bicyclic) bond motifs is 3. The molecule has 4 rings (SSSR count). The molecule has 6 nitrogen and oxygen atoms in total. The van der Waals surface area contributed by atoms with E-state index in [9.17, 15) is 4.79 Å². The first-order valence-corrected chi connectivity index (χ1v) is 9.44. The van der Waals surface area contributed by atoms with Crippen molar-refractivity contribution in [3.63, 3.8) is 0 Å². The summed E-state index contributed by atoms with van der Waals surface area (Å²) in [4.78, 5) is 19.6. The Hall–Kier alpha value is -2.38. The minimum absolute atomic E-state index is 0.0521. The lowest BCUT2D eigenvalue weighted by molar-refractivity contribution is 0.397. The molecule has 0 atom stereocenters. The average Bonchev–Trinajstić information content (AvgIpc) is 3.06. The topological polar surface area (TPSA) is 65.4 Å². The zero-order valence-corrected chi connectivity index (χ0v) is 15.7. The number of rotatable bonds is 5. The maximum atomic E-state index is 13.0. The molecule has 0 saturated heterocycles. The van der Waals surface area contributed by atoms with E-state index in [1.807, 2.05) is 18.2 Å². The predicted molar refractivity (Wildman–Crippen MR) is 103 cm³/mol. The van der Waals surface area contributed by atoms with Crippen LogP contribution in [-0.2, 0) is 25.9 Å². The first-order valence-electron chi connectivity index (χ1n) is 8.62. The number of benzene rings is 1. The highest BCUT2D eigenvalue weighted by Gasteiger charge is 2.19. The Labute approximate surface area is 155 Å². The van der Waals surface area contributed by atoms with Gasteiger partial charge in [0.15, 0.2) is 0 Å². The maximum absolute atomic E-state index is 13.0. The van der Waals surface area contributed by atoms with Crippen molar-refractivity contribution >= 4 is 21.6 Å². The van der Waals surface area contributed by atoms with Gasteiger partial charge in [0.1, 0.15) is 16.3 Å². The van der Waals surface area contributed by atoms with Crippen molar-refractivity contribution in [2.24, 2.45) is 0 Å². The number of nitrogens with zero attached hydrogens (tertiary/aromatic N) is 2. The van der Waals surface area contributed by atoms with Crippen molar-refractivity contribution in [2.75, 3.05) is 20.8 Å². The van der Waals surface area contributed by atoms with Crippen LogP contribution in [0.3, 0.4) is 0 Å². The van der Waals surface area contributed by atoms with Crippen LogP contribution in [0.25, 0.3) is 10.2 Å². The molecule has 1 aliphatic heterocycles. The summed E-state index contributed by atoms with van der Waals surface area (Å²) in [5, 5.41) is 4.15. The largest absolute Gasteiger partial charge is 0.497 e. The normalized spacial score (nSPS) is 13.6. The quantitative estimate of drug-likeness (QED) is 0.746. The van der Waals surface area contributed by atoms with Crippen LogP contribution < -0.4 is 20.3 Å². The monoisotopic (exact) mass is 371 g/mol. The number of aromatic nitrogens is 2. The predicted octanol–water partition coefficient (Wildman–Crippen LogP) is 2.36. The molecule has 1 aromatic carbocycles. The number of ether oxygens (including phenoxy) is 2. The third-order valence-corrected chi connectivity index (χ3v) is 5.95. The third kappa shape index (κ3) is 2.97. The molecule has 7 heteroatoms. The summed E-state index contributed by atoms with van der Waals surface area (Å²) in [6.07, 6.45) is 3.22. The molecular weight excluding hydrogens is 350 g/mol. The van der Waals surface area contributed by atoms with Crippen molar-refractivity contribution < 1.29 is 9.47 Å². The Balaban J connectivity index is 1.66. The fourth-order valence-corrected chi connectivity index (χ4v) is 4.57. The van der Waals surface area contributed by atoms with E-state index < -0.39 is 0 Å². The summed E-state index contributed by atoms with van der Waals surface area (Å²) < 4.78 is 12.4. The Kier molecular flexibility index (Phi) is 4.65. The Morgan fingerprint density at radius 1 is 1.31 bits per heavy atom. The van der Waals surface area contributed by atoms with Gasteiger partial charge in [-0.05, 0) is 48.7 Å². The fourth-order valence-electron chi connectivity index (χ4n) is 3.43. The van der Waals surface area contributed by atoms with Gasteiger partial charge in [-0.15, -0.1) is 11.3 Å². The van der Waals surface area contributed by atoms with Crippen LogP contribution in [0.4, 0.5) is 0 Å². The van der Waals surface area contributed by atoms with Crippen molar-refractivity contribution in [2.45, 2.75) is 25.9 Å². The Bertz CT molecular complexity index is 1010. The second kappa shape index (κ2) is 7.09. The van der Waals surface area contributed by atoms with Gasteiger partial charge >= 0.3 is 0 Å². The van der Waals surface area contributed by atoms with Crippen LogP contribution in [0.1, 0.15) is 16.0 Å². The number of hydrogen-bond acceptors (Lipinski definition) is 6. The molecule has 3 heterocycles. The molecule has 2 aromatic heterocycles. The molecule has 0 unspecified atom stereocenters. The zero-order valence-electron chi connectivity index (χ0n) is 14.9. The van der Waals surface area contributed by atoms with E-state index in [0.29, 0.717) is 13.0 Å². The van der Waals surface area contributed by atoms with Crippen molar-refractivity contribution in [1.29, 1.82) is 0 Å². The van der Waals surface area contributed by atoms with Crippen LogP contribution >= 0.6 is 11.3 Å². The molecule has 0 saturated carbocycles. The lowest BCUT2D eigenvalue weighted by Crippen LogP contribution is -2.25. The van der Waals surface area contributed by atoms with Crippen LogP contribution in [0.15, 0.2) is 29.3 Å². The summed E-state index contributed by atoms with van der Waals surface area (Å²) in [7, 11) is 3.29. The van der Waals surface area contributed by atoms with E-state index >= 15 is 0 Å². The molecule has 0 spiro atoms. The molecule has 26 heavy (non-hydrogen) atoms. The van der Waals surface area contributed by atoms with E-state index in [4.69, 9.17) is 9.47 Å². The van der Waals surface area contributed by atoms with Crippen LogP contribution in [-0.4, -0.2) is 30.3 Å². The SMILES string of the molecule is COc1ccc(OC)c(CCn2cnc3sc4c(c3c2=O)CCNC4)c1. The minimum atomic E-state index is 0.0521. The van der Waals surface area contributed by atoms with Gasteiger partial charge in [0.05, 0.1) is 25.9 Å². The number of nitrogens with one attached hydrogen (secondary N) is 1. The number of thiophene rings is 1. The first-order chi connectivity index (χ1) is 12.7. The molecule has 0 amide bonds. The average molecular weight is 371 g/mol. The van der Waals surface area contributed by atoms with Crippen molar-refractivity contribution in [1.82, 2.24) is 14.9 Å². The highest BCUT2D eigenvalue weighted by Crippen LogP contribution is 2.30. The molecule has 0 bridgehead atoms. The summed E-state index contributed by atoms with van der Waals surface area (Å²) in [6.45, 7) is 2.29. The van der Waals surface area contributed by atoms with E-state index in [2.05, 4.69) is 10.3 Å².